The number of rotatable bonds is 2. The summed E-state index contributed by atoms with van der Waals surface area (Å²) < 4.78 is 0. The van der Waals surface area contributed by atoms with E-state index in [9.17, 15) is 9.59 Å². The first kappa shape index (κ1) is 8.94. The molecule has 0 saturated heterocycles. The van der Waals surface area contributed by atoms with Crippen LogP contribution in [0.5, 0.6) is 0 Å². The SMILES string of the molecule is O=C=NC1CCCCC1C(=O)O. The van der Waals surface area contributed by atoms with E-state index in [-0.39, 0.29) is 6.04 Å². The lowest BCUT2D eigenvalue weighted by Gasteiger charge is -2.23. The normalized spacial score (nSPS) is 29.0. The monoisotopic (exact) mass is 169 g/mol. The molecule has 0 aromatic carbocycles. The summed E-state index contributed by atoms with van der Waals surface area (Å²) in [6, 6.07) is -0.339. The van der Waals surface area contributed by atoms with Crippen molar-refractivity contribution in [3.8, 4) is 0 Å². The molecule has 0 aromatic rings. The van der Waals surface area contributed by atoms with E-state index in [0.717, 1.165) is 12.8 Å². The maximum absolute atomic E-state index is 10.6. The quantitative estimate of drug-likeness (QED) is 0.494. The van der Waals surface area contributed by atoms with Crippen LogP contribution in [0.25, 0.3) is 0 Å². The van der Waals surface area contributed by atoms with Crippen molar-refractivity contribution in [2.75, 3.05) is 0 Å². The van der Waals surface area contributed by atoms with Crippen LogP contribution in [0.15, 0.2) is 4.99 Å². The zero-order valence-corrected chi connectivity index (χ0v) is 6.69. The van der Waals surface area contributed by atoms with Gasteiger partial charge in [0, 0.05) is 0 Å². The molecule has 0 spiro atoms. The van der Waals surface area contributed by atoms with Gasteiger partial charge in [0.05, 0.1) is 12.0 Å². The van der Waals surface area contributed by atoms with Gasteiger partial charge in [-0.2, -0.15) is 0 Å². The molecule has 2 atom stereocenters. The van der Waals surface area contributed by atoms with Gasteiger partial charge in [-0.25, -0.2) is 9.79 Å². The van der Waals surface area contributed by atoms with E-state index < -0.39 is 11.9 Å². The van der Waals surface area contributed by atoms with Crippen LogP contribution in [0.3, 0.4) is 0 Å². The van der Waals surface area contributed by atoms with Crippen LogP contribution in [-0.4, -0.2) is 23.2 Å². The summed E-state index contributed by atoms with van der Waals surface area (Å²) in [4.78, 5) is 24.1. The van der Waals surface area contributed by atoms with Crippen molar-refractivity contribution in [2.24, 2.45) is 10.9 Å². The summed E-state index contributed by atoms with van der Waals surface area (Å²) in [5, 5.41) is 8.75. The highest BCUT2D eigenvalue weighted by atomic mass is 16.4. The van der Waals surface area contributed by atoms with Gasteiger partial charge < -0.3 is 5.11 Å². The molecule has 1 rings (SSSR count). The van der Waals surface area contributed by atoms with E-state index in [0.29, 0.717) is 12.8 Å². The summed E-state index contributed by atoms with van der Waals surface area (Å²) in [6.45, 7) is 0. The Morgan fingerprint density at radius 2 is 2.08 bits per heavy atom. The Labute approximate surface area is 70.3 Å². The van der Waals surface area contributed by atoms with Gasteiger partial charge >= 0.3 is 5.97 Å². The van der Waals surface area contributed by atoms with Gasteiger partial charge in [-0.3, -0.25) is 4.79 Å². The number of carboxylic acid groups (broad SMARTS) is 1. The topological polar surface area (TPSA) is 66.7 Å². The lowest BCUT2D eigenvalue weighted by molar-refractivity contribution is -0.143. The Morgan fingerprint density at radius 1 is 1.42 bits per heavy atom. The summed E-state index contributed by atoms with van der Waals surface area (Å²) >= 11 is 0. The van der Waals surface area contributed by atoms with E-state index in [1.54, 1.807) is 0 Å². The third kappa shape index (κ3) is 1.92. The fourth-order valence-corrected chi connectivity index (χ4v) is 1.62. The van der Waals surface area contributed by atoms with Gasteiger partial charge in [0.1, 0.15) is 0 Å². The lowest BCUT2D eigenvalue weighted by Crippen LogP contribution is -2.29. The van der Waals surface area contributed by atoms with Crippen LogP contribution in [0, 0.1) is 5.92 Å². The van der Waals surface area contributed by atoms with Gasteiger partial charge in [-0.15, -0.1) is 0 Å². The van der Waals surface area contributed by atoms with E-state index in [1.165, 1.54) is 6.08 Å². The maximum Gasteiger partial charge on any atom is 0.308 e. The molecule has 1 saturated carbocycles. The Hall–Kier alpha value is -1.15. The first-order chi connectivity index (χ1) is 5.75. The zero-order valence-electron chi connectivity index (χ0n) is 6.69. The average Bonchev–Trinajstić information content (AvgIpc) is 2.05. The zero-order chi connectivity index (χ0) is 8.97. The van der Waals surface area contributed by atoms with Crippen molar-refractivity contribution < 1.29 is 14.7 Å². The van der Waals surface area contributed by atoms with Crippen LogP contribution < -0.4 is 0 Å². The van der Waals surface area contributed by atoms with Gasteiger partial charge in [-0.05, 0) is 12.8 Å². The standard InChI is InChI=1S/C8H11NO3/c10-5-9-7-4-2-1-3-6(7)8(11)12/h6-7H,1-4H2,(H,11,12). The fourth-order valence-electron chi connectivity index (χ4n) is 1.62. The molecule has 0 aliphatic heterocycles. The van der Waals surface area contributed by atoms with E-state index in [2.05, 4.69) is 4.99 Å². The molecule has 4 nitrogen and oxygen atoms in total. The largest absolute Gasteiger partial charge is 0.481 e. The molecule has 2 unspecified atom stereocenters. The predicted octanol–water partition coefficient (Wildman–Crippen LogP) is 0.966. The number of carboxylic acids is 1. The first-order valence-corrected chi connectivity index (χ1v) is 4.05. The third-order valence-corrected chi connectivity index (χ3v) is 2.27. The van der Waals surface area contributed by atoms with Crippen molar-refractivity contribution in [3.63, 3.8) is 0 Å². The maximum atomic E-state index is 10.6. The van der Waals surface area contributed by atoms with Crippen LogP contribution >= 0.6 is 0 Å². The van der Waals surface area contributed by atoms with Crippen LogP contribution in [0.2, 0.25) is 0 Å². The Kier molecular flexibility index (Phi) is 3.00. The Bertz CT molecular complexity index is 210. The Morgan fingerprint density at radius 3 is 2.67 bits per heavy atom. The molecule has 0 radical (unpaired) electrons. The fraction of sp³-hybridized carbons (Fsp3) is 0.750. The van der Waals surface area contributed by atoms with Crippen LogP contribution in [-0.2, 0) is 9.59 Å². The minimum absolute atomic E-state index is 0.339. The summed E-state index contributed by atoms with van der Waals surface area (Å²) in [7, 11) is 0. The van der Waals surface area contributed by atoms with Crippen LogP contribution in [0.1, 0.15) is 25.7 Å². The summed E-state index contributed by atoms with van der Waals surface area (Å²) in [6.07, 6.45) is 4.64. The number of aliphatic imine (C=N–C) groups is 1. The van der Waals surface area contributed by atoms with E-state index in [4.69, 9.17) is 5.11 Å². The number of nitrogens with zero attached hydrogens (tertiary/aromatic N) is 1. The van der Waals surface area contributed by atoms with Crippen molar-refractivity contribution in [3.05, 3.63) is 0 Å². The van der Waals surface area contributed by atoms with Crippen molar-refractivity contribution in [2.45, 2.75) is 31.7 Å². The number of isocyanates is 1. The number of carbonyl (C=O) groups excluding carboxylic acids is 1. The smallest absolute Gasteiger partial charge is 0.308 e. The molecule has 1 N–H and O–H groups in total. The summed E-state index contributed by atoms with van der Waals surface area (Å²) in [5.41, 5.74) is 0. The van der Waals surface area contributed by atoms with Gasteiger partial charge in [0.25, 0.3) is 0 Å². The number of hydrogen-bond acceptors (Lipinski definition) is 3. The number of aliphatic carboxylic acids is 1. The number of hydrogen-bond donors (Lipinski definition) is 1. The molecule has 1 aliphatic rings. The van der Waals surface area contributed by atoms with Gasteiger partial charge in [0.2, 0.25) is 6.08 Å². The van der Waals surface area contributed by atoms with Crippen molar-refractivity contribution in [1.82, 2.24) is 0 Å². The molecule has 12 heavy (non-hydrogen) atoms. The molecule has 0 aromatic heterocycles. The molecule has 4 heteroatoms. The van der Waals surface area contributed by atoms with Crippen LogP contribution in [0.4, 0.5) is 0 Å². The van der Waals surface area contributed by atoms with Gasteiger partial charge in [-0.1, -0.05) is 12.8 Å². The molecule has 1 aliphatic carbocycles. The van der Waals surface area contributed by atoms with E-state index in [1.807, 2.05) is 0 Å². The molecule has 0 heterocycles. The molecular formula is C8H11NO3. The first-order valence-electron chi connectivity index (χ1n) is 4.05. The highest BCUT2D eigenvalue weighted by Crippen LogP contribution is 2.26. The third-order valence-electron chi connectivity index (χ3n) is 2.27. The molecule has 1 fully saturated rings. The molecular weight excluding hydrogens is 158 g/mol. The number of carbonyl (C=O) groups is 1. The van der Waals surface area contributed by atoms with Crippen molar-refractivity contribution in [1.29, 1.82) is 0 Å². The predicted molar refractivity (Wildman–Crippen MR) is 41.5 cm³/mol. The highest BCUT2D eigenvalue weighted by Gasteiger charge is 2.30. The lowest BCUT2D eigenvalue weighted by atomic mass is 9.85. The van der Waals surface area contributed by atoms with Crippen molar-refractivity contribution >= 4 is 12.0 Å². The summed E-state index contributed by atoms with van der Waals surface area (Å²) in [5.74, 6) is -1.32. The second-order valence-electron chi connectivity index (χ2n) is 3.02. The minimum atomic E-state index is -0.848. The minimum Gasteiger partial charge on any atom is -0.481 e. The average molecular weight is 169 g/mol. The molecule has 66 valence electrons. The second kappa shape index (κ2) is 4.02. The Balaban J connectivity index is 2.66. The van der Waals surface area contributed by atoms with E-state index >= 15 is 0 Å². The molecule has 0 amide bonds. The van der Waals surface area contributed by atoms with Gasteiger partial charge in [0.15, 0.2) is 0 Å². The molecule has 0 bridgehead atoms. The second-order valence-corrected chi connectivity index (χ2v) is 3.02. The highest BCUT2D eigenvalue weighted by molar-refractivity contribution is 5.71.